The third kappa shape index (κ3) is 6.54. The van der Waals surface area contributed by atoms with E-state index in [1.807, 2.05) is 47.0 Å². The van der Waals surface area contributed by atoms with E-state index in [9.17, 15) is 4.79 Å². The Balaban J connectivity index is 1.43. The lowest BCUT2D eigenvalue weighted by atomic mass is 10.0. The highest BCUT2D eigenvalue weighted by atomic mass is 35.5. The average molecular weight is 527 g/mol. The van der Waals surface area contributed by atoms with Crippen LogP contribution in [0.3, 0.4) is 0 Å². The molecule has 190 valence electrons. The molecule has 1 aliphatic heterocycles. The van der Waals surface area contributed by atoms with Crippen LogP contribution in [0.1, 0.15) is 87.5 Å². The summed E-state index contributed by atoms with van der Waals surface area (Å²) in [5.41, 5.74) is 3.20. The molecule has 0 aliphatic carbocycles. The van der Waals surface area contributed by atoms with Gasteiger partial charge in [-0.15, -0.1) is 10.2 Å². The van der Waals surface area contributed by atoms with Crippen molar-refractivity contribution in [1.82, 2.24) is 14.8 Å². The molecular weight excluding hydrogens is 495 g/mol. The molecule has 0 radical (unpaired) electrons. The number of rotatable bonds is 12. The molecule has 3 aromatic rings. The van der Waals surface area contributed by atoms with Gasteiger partial charge in [0.1, 0.15) is 6.54 Å². The summed E-state index contributed by atoms with van der Waals surface area (Å²) in [7, 11) is 0. The smallest absolute Gasteiger partial charge is 0.306 e. The first-order chi connectivity index (χ1) is 17.6. The van der Waals surface area contributed by atoms with E-state index in [0.717, 1.165) is 35.4 Å². The molecule has 2 aromatic carbocycles. The van der Waals surface area contributed by atoms with Gasteiger partial charge >= 0.3 is 5.97 Å². The minimum absolute atomic E-state index is 0.0480. The van der Waals surface area contributed by atoms with Gasteiger partial charge in [0.15, 0.2) is 18.3 Å². The van der Waals surface area contributed by atoms with Crippen LogP contribution in [0, 0.1) is 0 Å². The number of benzene rings is 2. The highest BCUT2D eigenvalue weighted by Gasteiger charge is 2.24. The molecule has 0 amide bonds. The van der Waals surface area contributed by atoms with Crippen molar-refractivity contribution in [3.8, 4) is 5.69 Å². The maximum absolute atomic E-state index is 12.4. The number of ether oxygens (including phenoxy) is 1. The third-order valence-electron chi connectivity index (χ3n) is 6.36. The second kappa shape index (κ2) is 13.0. The summed E-state index contributed by atoms with van der Waals surface area (Å²) in [6.07, 6.45) is 9.89. The molecule has 0 bridgehead atoms. The number of carbonyl (C=O) groups excluding carboxylic acids is 1. The maximum Gasteiger partial charge on any atom is 0.306 e. The van der Waals surface area contributed by atoms with Crippen LogP contribution in [-0.2, 0) is 22.7 Å². The van der Waals surface area contributed by atoms with Gasteiger partial charge in [-0.2, -0.15) is 0 Å². The molecule has 1 aliphatic rings. The van der Waals surface area contributed by atoms with Gasteiger partial charge in [-0.3, -0.25) is 14.4 Å². The lowest BCUT2D eigenvalue weighted by Gasteiger charge is -2.14. The molecule has 0 N–H and O–H groups in total. The van der Waals surface area contributed by atoms with Crippen LogP contribution in [0.15, 0.2) is 47.5 Å². The van der Waals surface area contributed by atoms with Gasteiger partial charge in [0.05, 0.1) is 11.4 Å². The van der Waals surface area contributed by atoms with Crippen LogP contribution in [0.5, 0.6) is 0 Å². The van der Waals surface area contributed by atoms with Crippen molar-refractivity contribution in [2.45, 2.75) is 77.9 Å². The number of aliphatic imine (C=N–C) groups is 1. The number of unbranched alkanes of at least 4 members (excludes halogenated alkanes) is 7. The Morgan fingerprint density at radius 3 is 2.47 bits per heavy atom. The summed E-state index contributed by atoms with van der Waals surface area (Å²) < 4.78 is 7.48. The minimum atomic E-state index is -0.212. The Hall–Kier alpha value is -2.70. The summed E-state index contributed by atoms with van der Waals surface area (Å²) in [6.45, 7) is 2.58. The second-order valence-corrected chi connectivity index (χ2v) is 9.90. The molecule has 0 fully saturated rings. The Morgan fingerprint density at radius 2 is 1.69 bits per heavy atom. The predicted molar refractivity (Wildman–Crippen MR) is 144 cm³/mol. The van der Waals surface area contributed by atoms with Gasteiger partial charge in [-0.25, -0.2) is 0 Å². The zero-order valence-corrected chi connectivity index (χ0v) is 22.2. The number of nitrogens with zero attached hydrogens (tertiary/aromatic N) is 4. The lowest BCUT2D eigenvalue weighted by molar-refractivity contribution is -0.145. The largest absolute Gasteiger partial charge is 0.457 e. The number of halogens is 2. The molecule has 4 rings (SSSR count). The van der Waals surface area contributed by atoms with E-state index < -0.39 is 0 Å². The summed E-state index contributed by atoms with van der Waals surface area (Å²) in [4.78, 5) is 17.2. The third-order valence-corrected chi connectivity index (χ3v) is 6.92. The number of hydrogen-bond donors (Lipinski definition) is 0. The molecule has 0 unspecified atom stereocenters. The predicted octanol–water partition coefficient (Wildman–Crippen LogP) is 7.50. The highest BCUT2D eigenvalue weighted by Crippen LogP contribution is 2.30. The molecule has 36 heavy (non-hydrogen) atoms. The van der Waals surface area contributed by atoms with Gasteiger partial charge < -0.3 is 4.74 Å². The first-order valence-corrected chi connectivity index (χ1v) is 13.5. The molecule has 0 saturated heterocycles. The zero-order chi connectivity index (χ0) is 25.3. The number of hydrogen-bond acceptors (Lipinski definition) is 5. The first kappa shape index (κ1) is 26.4. The second-order valence-electron chi connectivity index (χ2n) is 9.06. The number of carbonyl (C=O) groups is 1. The Labute approximate surface area is 222 Å². The van der Waals surface area contributed by atoms with Crippen molar-refractivity contribution in [2.75, 3.05) is 0 Å². The van der Waals surface area contributed by atoms with E-state index in [4.69, 9.17) is 32.9 Å². The highest BCUT2D eigenvalue weighted by molar-refractivity contribution is 6.36. The number of esters is 1. The van der Waals surface area contributed by atoms with Crippen molar-refractivity contribution in [2.24, 2.45) is 4.99 Å². The van der Waals surface area contributed by atoms with Crippen LogP contribution in [0.25, 0.3) is 5.69 Å². The van der Waals surface area contributed by atoms with E-state index in [1.165, 1.54) is 38.5 Å². The van der Waals surface area contributed by atoms with Gasteiger partial charge in [-0.05, 0) is 30.7 Å². The Bertz CT molecular complexity index is 1220. The fourth-order valence-electron chi connectivity index (χ4n) is 4.46. The fourth-order valence-corrected chi connectivity index (χ4v) is 4.86. The van der Waals surface area contributed by atoms with E-state index in [1.54, 1.807) is 0 Å². The average Bonchev–Trinajstić information content (AvgIpc) is 3.21. The minimum Gasteiger partial charge on any atom is -0.457 e. The van der Waals surface area contributed by atoms with E-state index in [-0.39, 0.29) is 12.6 Å². The molecular formula is C28H32Cl2N4O2. The molecule has 6 nitrogen and oxygen atoms in total. The van der Waals surface area contributed by atoms with Crippen molar-refractivity contribution in [1.29, 1.82) is 0 Å². The Morgan fingerprint density at radius 1 is 0.944 bits per heavy atom. The van der Waals surface area contributed by atoms with Crippen LogP contribution in [-0.4, -0.2) is 26.4 Å². The summed E-state index contributed by atoms with van der Waals surface area (Å²) in [5.74, 6) is 1.000. The number of fused-ring (bicyclic) bond motifs is 3. The molecule has 0 saturated carbocycles. The van der Waals surface area contributed by atoms with E-state index >= 15 is 0 Å². The molecule has 0 atom stereocenters. The van der Waals surface area contributed by atoms with Crippen molar-refractivity contribution < 1.29 is 9.53 Å². The summed E-state index contributed by atoms with van der Waals surface area (Å²) in [5, 5.41) is 9.83. The first-order valence-electron chi connectivity index (χ1n) is 12.8. The molecule has 0 spiro atoms. The SMILES string of the molecule is CCCCCCCCCCC(=O)OCc1nnc2n1-c1ccc(Cl)cc1C(c1ccccc1Cl)=NC2. The molecule has 2 heterocycles. The normalized spacial score (nSPS) is 12.5. The van der Waals surface area contributed by atoms with Gasteiger partial charge in [-0.1, -0.05) is 93.3 Å². The lowest BCUT2D eigenvalue weighted by Crippen LogP contribution is -2.12. The van der Waals surface area contributed by atoms with Crippen LogP contribution in [0.4, 0.5) is 0 Å². The van der Waals surface area contributed by atoms with Crippen LogP contribution >= 0.6 is 23.2 Å². The topological polar surface area (TPSA) is 69.4 Å². The van der Waals surface area contributed by atoms with Crippen molar-refractivity contribution in [3.05, 3.63) is 75.3 Å². The fraction of sp³-hybridized carbons (Fsp3) is 0.429. The summed E-state index contributed by atoms with van der Waals surface area (Å²) in [6, 6.07) is 13.2. The maximum atomic E-state index is 12.4. The van der Waals surface area contributed by atoms with Crippen LogP contribution < -0.4 is 0 Å². The van der Waals surface area contributed by atoms with E-state index in [2.05, 4.69) is 17.1 Å². The monoisotopic (exact) mass is 526 g/mol. The molecule has 1 aromatic heterocycles. The van der Waals surface area contributed by atoms with Crippen molar-refractivity contribution in [3.63, 3.8) is 0 Å². The molecule has 8 heteroatoms. The number of aromatic nitrogens is 3. The quantitative estimate of drug-likeness (QED) is 0.181. The standard InChI is InChI=1S/C28H32Cl2N4O2/c1-2-3-4-5-6-7-8-9-14-27(35)36-19-26-33-32-25-18-31-28(21-12-10-11-13-23(21)30)22-17-20(29)15-16-24(22)34(25)26/h10-13,15-17H,2-9,14,18-19H2,1H3. The van der Waals surface area contributed by atoms with Gasteiger partial charge in [0.25, 0.3) is 0 Å². The van der Waals surface area contributed by atoms with E-state index in [0.29, 0.717) is 34.7 Å². The van der Waals surface area contributed by atoms with Crippen LogP contribution in [0.2, 0.25) is 10.0 Å². The zero-order valence-electron chi connectivity index (χ0n) is 20.7. The van der Waals surface area contributed by atoms with Crippen molar-refractivity contribution >= 4 is 34.9 Å². The van der Waals surface area contributed by atoms with Gasteiger partial charge in [0.2, 0.25) is 0 Å². The Kier molecular flexibility index (Phi) is 9.54. The summed E-state index contributed by atoms with van der Waals surface area (Å²) >= 11 is 12.9. The van der Waals surface area contributed by atoms with Gasteiger partial charge in [0, 0.05) is 27.6 Å².